The number of aryl methyl sites for hydroxylation is 1. The lowest BCUT2D eigenvalue weighted by Gasteiger charge is -2.13. The van der Waals surface area contributed by atoms with Gasteiger partial charge >= 0.3 is 11.9 Å². The highest BCUT2D eigenvalue weighted by atomic mass is 79.9. The monoisotopic (exact) mass is 636 g/mol. The maximum Gasteiger partial charge on any atom is 0.416 e. The molecular formula is C30H20BrF3N4O4. The van der Waals surface area contributed by atoms with E-state index in [1.54, 1.807) is 18.2 Å². The molecule has 12 heteroatoms. The Balaban J connectivity index is 1.66. The second-order valence-corrected chi connectivity index (χ2v) is 10.2. The number of halogens is 4. The molecule has 0 aliphatic heterocycles. The van der Waals surface area contributed by atoms with Crippen molar-refractivity contribution in [3.8, 4) is 17.1 Å². The maximum atomic E-state index is 13.5. The van der Waals surface area contributed by atoms with Gasteiger partial charge in [0.2, 0.25) is 5.75 Å². The van der Waals surface area contributed by atoms with Crippen LogP contribution in [-0.2, 0) is 12.8 Å². The predicted molar refractivity (Wildman–Crippen MR) is 156 cm³/mol. The Labute approximate surface area is 245 Å². The number of nitrogens with zero attached hydrogens (tertiary/aromatic N) is 4. The van der Waals surface area contributed by atoms with Crippen LogP contribution in [0.3, 0.4) is 0 Å². The van der Waals surface area contributed by atoms with Crippen molar-refractivity contribution in [2.75, 3.05) is 0 Å². The number of ether oxygens (including phenoxy) is 1. The van der Waals surface area contributed by atoms with Gasteiger partial charge in [-0.25, -0.2) is 4.98 Å². The summed E-state index contributed by atoms with van der Waals surface area (Å²) in [6, 6.07) is 21.0. The number of para-hydroxylation sites is 1. The molecular weight excluding hydrogens is 617 g/mol. The molecule has 8 nitrogen and oxygen atoms in total. The van der Waals surface area contributed by atoms with Crippen molar-refractivity contribution in [2.24, 2.45) is 5.10 Å². The van der Waals surface area contributed by atoms with Crippen LogP contribution in [0.4, 0.5) is 18.9 Å². The van der Waals surface area contributed by atoms with E-state index in [0.29, 0.717) is 4.47 Å². The minimum absolute atomic E-state index is 0.000900. The summed E-state index contributed by atoms with van der Waals surface area (Å²) in [7, 11) is 0. The van der Waals surface area contributed by atoms with E-state index in [-0.39, 0.29) is 45.9 Å². The van der Waals surface area contributed by atoms with Crippen LogP contribution >= 0.6 is 15.9 Å². The molecule has 5 rings (SSSR count). The molecule has 0 N–H and O–H groups in total. The van der Waals surface area contributed by atoms with Gasteiger partial charge in [0.15, 0.2) is 5.82 Å². The van der Waals surface area contributed by atoms with E-state index in [1.807, 2.05) is 31.2 Å². The van der Waals surface area contributed by atoms with Crippen molar-refractivity contribution in [3.05, 3.63) is 132 Å². The van der Waals surface area contributed by atoms with Gasteiger partial charge in [-0.2, -0.15) is 22.9 Å². The van der Waals surface area contributed by atoms with Gasteiger partial charge in [0, 0.05) is 21.7 Å². The van der Waals surface area contributed by atoms with Crippen LogP contribution in [0.1, 0.15) is 22.3 Å². The average Bonchev–Trinajstić information content (AvgIpc) is 2.95. The molecule has 0 saturated carbocycles. The number of benzene rings is 4. The van der Waals surface area contributed by atoms with E-state index < -0.39 is 22.2 Å². The van der Waals surface area contributed by atoms with Crippen molar-refractivity contribution in [1.29, 1.82) is 0 Å². The van der Waals surface area contributed by atoms with Crippen molar-refractivity contribution in [3.63, 3.8) is 0 Å². The number of nitro groups is 1. The Kier molecular flexibility index (Phi) is 7.90. The maximum absolute atomic E-state index is 13.5. The Morgan fingerprint density at radius 2 is 1.81 bits per heavy atom. The minimum Gasteiger partial charge on any atom is -0.481 e. The standard InChI is InChI=1S/C30H20BrF3N4O4/c1-18-6-4-7-19(12-18)17-42-27-21(14-23(31)15-26(27)38(40)41)16-35-37-28(20-8-5-9-22(13-20)30(32,33)34)36-25-11-3-2-10-24(25)29(37)39/h2-16H,17H2,1H3. The largest absolute Gasteiger partial charge is 0.481 e. The molecule has 42 heavy (non-hydrogen) atoms. The van der Waals surface area contributed by atoms with Gasteiger partial charge in [-0.05, 0) is 42.8 Å². The second-order valence-electron chi connectivity index (χ2n) is 9.27. The molecule has 1 heterocycles. The highest BCUT2D eigenvalue weighted by molar-refractivity contribution is 9.10. The molecule has 0 atom stereocenters. The first-order valence-corrected chi connectivity index (χ1v) is 13.2. The molecule has 0 saturated heterocycles. The zero-order chi connectivity index (χ0) is 30.0. The van der Waals surface area contributed by atoms with Gasteiger partial charge in [0.25, 0.3) is 5.56 Å². The molecule has 0 radical (unpaired) electrons. The lowest BCUT2D eigenvalue weighted by atomic mass is 10.1. The summed E-state index contributed by atoms with van der Waals surface area (Å²) in [6.45, 7) is 1.92. The summed E-state index contributed by atoms with van der Waals surface area (Å²) >= 11 is 3.26. The molecule has 0 aliphatic carbocycles. The Bertz CT molecular complexity index is 1920. The SMILES string of the molecule is Cc1cccc(COc2c(C=Nn3c(-c4cccc(C(F)(F)F)c4)nc4ccccc4c3=O)cc(Br)cc2[N+](=O)[O-])c1. The molecule has 0 bridgehead atoms. The summed E-state index contributed by atoms with van der Waals surface area (Å²) in [4.78, 5) is 29.3. The molecule has 4 aromatic carbocycles. The number of fused-ring (bicyclic) bond motifs is 1. The number of nitro benzene ring substituents is 1. The Morgan fingerprint density at radius 3 is 2.55 bits per heavy atom. The first-order chi connectivity index (χ1) is 20.0. The molecule has 5 aromatic rings. The third-order valence-corrected chi connectivity index (χ3v) is 6.70. The van der Waals surface area contributed by atoms with Crippen molar-refractivity contribution in [1.82, 2.24) is 9.66 Å². The summed E-state index contributed by atoms with van der Waals surface area (Å²) in [5.41, 5.74) is 0.260. The fourth-order valence-electron chi connectivity index (χ4n) is 4.32. The van der Waals surface area contributed by atoms with E-state index >= 15 is 0 Å². The lowest BCUT2D eigenvalue weighted by Crippen LogP contribution is -2.20. The minimum atomic E-state index is -4.62. The van der Waals surface area contributed by atoms with Crippen LogP contribution in [0.15, 0.2) is 99.3 Å². The van der Waals surface area contributed by atoms with Crippen LogP contribution in [0.5, 0.6) is 5.75 Å². The third-order valence-electron chi connectivity index (χ3n) is 6.24. The van der Waals surface area contributed by atoms with Crippen LogP contribution < -0.4 is 10.3 Å². The third kappa shape index (κ3) is 6.08. The highest BCUT2D eigenvalue weighted by Gasteiger charge is 2.31. The summed E-state index contributed by atoms with van der Waals surface area (Å²) in [5.74, 6) is -0.247. The summed E-state index contributed by atoms with van der Waals surface area (Å²) in [5, 5.41) is 16.4. The van der Waals surface area contributed by atoms with E-state index in [2.05, 4.69) is 26.0 Å². The average molecular weight is 637 g/mol. The fraction of sp³-hybridized carbons (Fsp3) is 0.100. The number of rotatable bonds is 7. The van der Waals surface area contributed by atoms with Crippen LogP contribution in [-0.4, -0.2) is 20.8 Å². The smallest absolute Gasteiger partial charge is 0.416 e. The molecule has 0 unspecified atom stereocenters. The highest BCUT2D eigenvalue weighted by Crippen LogP contribution is 2.35. The summed E-state index contributed by atoms with van der Waals surface area (Å²) in [6.07, 6.45) is -3.45. The van der Waals surface area contributed by atoms with Crippen LogP contribution in [0.25, 0.3) is 22.3 Å². The molecule has 0 aliphatic rings. The fourth-order valence-corrected chi connectivity index (χ4v) is 4.78. The molecule has 0 amide bonds. The predicted octanol–water partition coefficient (Wildman–Crippen LogP) is 7.52. The second kappa shape index (κ2) is 11.6. The lowest BCUT2D eigenvalue weighted by molar-refractivity contribution is -0.386. The van der Waals surface area contributed by atoms with Gasteiger partial charge in [0.1, 0.15) is 6.61 Å². The quantitative estimate of drug-likeness (QED) is 0.104. The van der Waals surface area contributed by atoms with E-state index in [9.17, 15) is 28.1 Å². The molecule has 212 valence electrons. The first-order valence-electron chi connectivity index (χ1n) is 12.4. The van der Waals surface area contributed by atoms with Gasteiger partial charge in [0.05, 0.1) is 27.6 Å². The first kappa shape index (κ1) is 28.7. The Hall–Kier alpha value is -4.84. The zero-order valence-electron chi connectivity index (χ0n) is 21.8. The van der Waals surface area contributed by atoms with Crippen LogP contribution in [0, 0.1) is 17.0 Å². The number of aromatic nitrogens is 2. The zero-order valence-corrected chi connectivity index (χ0v) is 23.4. The summed E-state index contributed by atoms with van der Waals surface area (Å²) < 4.78 is 47.6. The molecule has 0 spiro atoms. The van der Waals surface area contributed by atoms with Gasteiger partial charge < -0.3 is 4.74 Å². The van der Waals surface area contributed by atoms with Crippen molar-refractivity contribution in [2.45, 2.75) is 19.7 Å². The van der Waals surface area contributed by atoms with E-state index in [0.717, 1.165) is 27.9 Å². The molecule has 1 aromatic heterocycles. The number of hydrogen-bond acceptors (Lipinski definition) is 6. The van der Waals surface area contributed by atoms with Gasteiger partial charge in [-0.1, -0.05) is 70.0 Å². The number of hydrogen-bond donors (Lipinski definition) is 0. The van der Waals surface area contributed by atoms with Crippen molar-refractivity contribution < 1.29 is 22.8 Å². The number of alkyl halides is 3. The molecule has 0 fully saturated rings. The van der Waals surface area contributed by atoms with E-state index in [4.69, 9.17) is 4.74 Å². The van der Waals surface area contributed by atoms with Gasteiger partial charge in [-0.15, -0.1) is 0 Å². The topological polar surface area (TPSA) is 99.6 Å². The van der Waals surface area contributed by atoms with Gasteiger partial charge in [-0.3, -0.25) is 14.9 Å². The van der Waals surface area contributed by atoms with E-state index in [1.165, 1.54) is 36.5 Å². The van der Waals surface area contributed by atoms with Crippen molar-refractivity contribution >= 4 is 38.7 Å². The Morgan fingerprint density at radius 1 is 1.05 bits per heavy atom. The normalized spacial score (nSPS) is 11.7. The van der Waals surface area contributed by atoms with Crippen LogP contribution in [0.2, 0.25) is 0 Å².